The molecule has 0 bridgehead atoms. The van der Waals surface area contributed by atoms with Gasteiger partial charge < -0.3 is 9.47 Å². The van der Waals surface area contributed by atoms with Crippen LogP contribution >= 0.6 is 0 Å². The zero-order valence-corrected chi connectivity index (χ0v) is 10.6. The van der Waals surface area contributed by atoms with Crippen LogP contribution in [0.2, 0.25) is 0 Å². The quantitative estimate of drug-likeness (QED) is 0.818. The Bertz CT molecular complexity index is 459. The summed E-state index contributed by atoms with van der Waals surface area (Å²) in [6, 6.07) is 8.62. The first-order valence-electron chi connectivity index (χ1n) is 6.44. The van der Waals surface area contributed by atoms with Crippen LogP contribution in [0.25, 0.3) is 0 Å². The Balaban J connectivity index is 1.81. The van der Waals surface area contributed by atoms with Gasteiger partial charge in [-0.3, -0.25) is 5.01 Å². The number of hydrazone groups is 1. The molecular weight excluding hydrogens is 228 g/mol. The van der Waals surface area contributed by atoms with E-state index in [9.17, 15) is 0 Å². The second kappa shape index (κ2) is 4.98. The molecule has 0 aromatic heterocycles. The van der Waals surface area contributed by atoms with Gasteiger partial charge in [-0.15, -0.1) is 5.10 Å². The molecule has 4 heteroatoms. The second-order valence-corrected chi connectivity index (χ2v) is 4.77. The first-order valence-corrected chi connectivity index (χ1v) is 6.44. The lowest BCUT2D eigenvalue weighted by atomic mass is 10.1. The fourth-order valence-electron chi connectivity index (χ4n) is 2.59. The van der Waals surface area contributed by atoms with E-state index in [2.05, 4.69) is 22.2 Å². The van der Waals surface area contributed by atoms with E-state index < -0.39 is 0 Å². The summed E-state index contributed by atoms with van der Waals surface area (Å²) < 4.78 is 10.9. The van der Waals surface area contributed by atoms with Crippen molar-refractivity contribution in [2.24, 2.45) is 5.10 Å². The van der Waals surface area contributed by atoms with Crippen LogP contribution in [0.15, 0.2) is 29.4 Å². The van der Waals surface area contributed by atoms with Gasteiger partial charge in [0.25, 0.3) is 0 Å². The molecule has 3 rings (SSSR count). The first kappa shape index (κ1) is 11.5. The number of ether oxygens (including phenoxy) is 2. The molecule has 4 nitrogen and oxygen atoms in total. The summed E-state index contributed by atoms with van der Waals surface area (Å²) in [4.78, 5) is 0. The van der Waals surface area contributed by atoms with Crippen LogP contribution in [0, 0.1) is 0 Å². The van der Waals surface area contributed by atoms with Crippen LogP contribution in [0.3, 0.4) is 0 Å². The van der Waals surface area contributed by atoms with Gasteiger partial charge in [-0.25, -0.2) is 0 Å². The standard InChI is InChI=1S/C14H18N2O2/c1-17-10-12-6-4-8-16(12)15-14-13-7-3-2-5-11(13)9-18-14/h2-3,5,7,12H,4,6,8-10H2,1H3/b15-14-/t12-/m0/s1. The van der Waals surface area contributed by atoms with Crippen molar-refractivity contribution in [3.63, 3.8) is 0 Å². The fraction of sp³-hybridized carbons (Fsp3) is 0.500. The van der Waals surface area contributed by atoms with Gasteiger partial charge >= 0.3 is 0 Å². The minimum Gasteiger partial charge on any atom is -0.471 e. The van der Waals surface area contributed by atoms with E-state index >= 15 is 0 Å². The van der Waals surface area contributed by atoms with Gasteiger partial charge in [-0.1, -0.05) is 18.2 Å². The summed E-state index contributed by atoms with van der Waals surface area (Å²) in [5.74, 6) is 0.758. The third-order valence-corrected chi connectivity index (χ3v) is 3.54. The first-order chi connectivity index (χ1) is 8.88. The van der Waals surface area contributed by atoms with Crippen molar-refractivity contribution in [3.05, 3.63) is 35.4 Å². The largest absolute Gasteiger partial charge is 0.471 e. The number of nitrogens with zero attached hydrogens (tertiary/aromatic N) is 2. The Morgan fingerprint density at radius 2 is 2.33 bits per heavy atom. The van der Waals surface area contributed by atoms with Crippen molar-refractivity contribution in [2.45, 2.75) is 25.5 Å². The molecule has 1 saturated heterocycles. The Hall–Kier alpha value is -1.55. The number of benzene rings is 1. The van der Waals surface area contributed by atoms with Crippen molar-refractivity contribution in [3.8, 4) is 0 Å². The van der Waals surface area contributed by atoms with Crippen LogP contribution in [-0.4, -0.2) is 37.2 Å². The minimum atomic E-state index is 0.388. The molecule has 1 atom stereocenters. The van der Waals surface area contributed by atoms with Gasteiger partial charge in [0.1, 0.15) is 6.61 Å². The molecular formula is C14H18N2O2. The topological polar surface area (TPSA) is 34.1 Å². The lowest BCUT2D eigenvalue weighted by Crippen LogP contribution is -2.29. The highest BCUT2D eigenvalue weighted by Gasteiger charge is 2.26. The maximum Gasteiger partial charge on any atom is 0.238 e. The molecule has 2 aliphatic heterocycles. The van der Waals surface area contributed by atoms with E-state index in [1.165, 1.54) is 12.0 Å². The lowest BCUT2D eigenvalue weighted by molar-refractivity contribution is 0.115. The molecule has 0 saturated carbocycles. The van der Waals surface area contributed by atoms with E-state index in [1.807, 2.05) is 12.1 Å². The maximum atomic E-state index is 5.68. The predicted octanol–water partition coefficient (Wildman–Crippen LogP) is 1.99. The molecule has 0 aliphatic carbocycles. The number of hydrogen-bond acceptors (Lipinski definition) is 4. The summed E-state index contributed by atoms with van der Waals surface area (Å²) in [6.07, 6.45) is 2.32. The van der Waals surface area contributed by atoms with E-state index in [4.69, 9.17) is 9.47 Å². The van der Waals surface area contributed by atoms with Gasteiger partial charge in [0.15, 0.2) is 0 Å². The molecule has 96 valence electrons. The lowest BCUT2D eigenvalue weighted by Gasteiger charge is -2.20. The van der Waals surface area contributed by atoms with Gasteiger partial charge in [-0.05, 0) is 18.9 Å². The average molecular weight is 246 g/mol. The normalized spacial score (nSPS) is 24.4. The summed E-state index contributed by atoms with van der Waals surface area (Å²) in [5.41, 5.74) is 2.35. The minimum absolute atomic E-state index is 0.388. The number of hydrogen-bond donors (Lipinski definition) is 0. The van der Waals surface area contributed by atoms with Crippen molar-refractivity contribution < 1.29 is 9.47 Å². The molecule has 2 heterocycles. The van der Waals surface area contributed by atoms with Gasteiger partial charge in [0, 0.05) is 24.8 Å². The Morgan fingerprint density at radius 3 is 3.22 bits per heavy atom. The third-order valence-electron chi connectivity index (χ3n) is 3.54. The van der Waals surface area contributed by atoms with Crippen molar-refractivity contribution in [2.75, 3.05) is 20.3 Å². The van der Waals surface area contributed by atoms with Crippen LogP contribution < -0.4 is 0 Å². The molecule has 18 heavy (non-hydrogen) atoms. The number of methoxy groups -OCH3 is 1. The summed E-state index contributed by atoms with van der Waals surface area (Å²) >= 11 is 0. The molecule has 0 spiro atoms. The van der Waals surface area contributed by atoms with Crippen LogP contribution in [-0.2, 0) is 16.1 Å². The number of rotatable bonds is 3. The second-order valence-electron chi connectivity index (χ2n) is 4.77. The van der Waals surface area contributed by atoms with Crippen LogP contribution in [0.1, 0.15) is 24.0 Å². The summed E-state index contributed by atoms with van der Waals surface area (Å²) in [7, 11) is 1.74. The van der Waals surface area contributed by atoms with Crippen LogP contribution in [0.4, 0.5) is 0 Å². The predicted molar refractivity (Wildman–Crippen MR) is 69.4 cm³/mol. The Morgan fingerprint density at radius 1 is 1.44 bits per heavy atom. The van der Waals surface area contributed by atoms with Gasteiger partial charge in [0.05, 0.1) is 12.6 Å². The molecule has 2 aliphatic rings. The SMILES string of the molecule is COC[C@@H]1CCCN1/N=C1\OCc2ccccc21. The van der Waals surface area contributed by atoms with Crippen molar-refractivity contribution >= 4 is 5.90 Å². The highest BCUT2D eigenvalue weighted by molar-refractivity contribution is 5.97. The Kier molecular flexibility index (Phi) is 3.19. The van der Waals surface area contributed by atoms with Crippen LogP contribution in [0.5, 0.6) is 0 Å². The number of fused-ring (bicyclic) bond motifs is 1. The average Bonchev–Trinajstić information content (AvgIpc) is 2.99. The highest BCUT2D eigenvalue weighted by Crippen LogP contribution is 2.23. The van der Waals surface area contributed by atoms with E-state index in [0.29, 0.717) is 12.6 Å². The van der Waals surface area contributed by atoms with Gasteiger partial charge in [0.2, 0.25) is 5.90 Å². The van der Waals surface area contributed by atoms with E-state index in [-0.39, 0.29) is 0 Å². The molecule has 0 radical (unpaired) electrons. The molecule has 0 unspecified atom stereocenters. The zero-order valence-electron chi connectivity index (χ0n) is 10.6. The van der Waals surface area contributed by atoms with E-state index in [0.717, 1.165) is 31.0 Å². The maximum absolute atomic E-state index is 5.68. The third kappa shape index (κ3) is 2.08. The monoisotopic (exact) mass is 246 g/mol. The van der Waals surface area contributed by atoms with Crippen molar-refractivity contribution in [1.29, 1.82) is 0 Å². The smallest absolute Gasteiger partial charge is 0.238 e. The molecule has 0 amide bonds. The molecule has 1 aromatic rings. The summed E-state index contributed by atoms with van der Waals surface area (Å²) in [5, 5.41) is 6.78. The molecule has 1 aromatic carbocycles. The van der Waals surface area contributed by atoms with Gasteiger partial charge in [-0.2, -0.15) is 0 Å². The Labute approximate surface area is 107 Å². The van der Waals surface area contributed by atoms with E-state index in [1.54, 1.807) is 7.11 Å². The fourth-order valence-corrected chi connectivity index (χ4v) is 2.59. The van der Waals surface area contributed by atoms with Crippen molar-refractivity contribution in [1.82, 2.24) is 5.01 Å². The highest BCUT2D eigenvalue weighted by atomic mass is 16.5. The molecule has 1 fully saturated rings. The molecule has 0 N–H and O–H groups in total. The summed E-state index contributed by atoms with van der Waals surface area (Å²) in [6.45, 7) is 2.36. The zero-order chi connectivity index (χ0) is 12.4.